The summed E-state index contributed by atoms with van der Waals surface area (Å²) in [7, 11) is 0. The molecule has 0 radical (unpaired) electrons. The highest BCUT2D eigenvalue weighted by Crippen LogP contribution is 2.29. The Morgan fingerprint density at radius 2 is 2.09 bits per heavy atom. The number of rotatable bonds is 5. The van der Waals surface area contributed by atoms with E-state index in [0.29, 0.717) is 23.4 Å². The van der Waals surface area contributed by atoms with Crippen molar-refractivity contribution in [2.75, 3.05) is 36.5 Å². The zero-order valence-electron chi connectivity index (χ0n) is 17.6. The number of halogens is 3. The molecular weight excluding hydrogens is 459 g/mol. The zero-order valence-corrected chi connectivity index (χ0v) is 18.4. The van der Waals surface area contributed by atoms with Crippen molar-refractivity contribution in [3.05, 3.63) is 47.4 Å². The van der Waals surface area contributed by atoms with Crippen LogP contribution in [0.5, 0.6) is 0 Å². The first-order chi connectivity index (χ1) is 15.8. The number of nitrogens with zero attached hydrogens (tertiary/aromatic N) is 4. The number of anilines is 2. The second kappa shape index (κ2) is 9.49. The molecule has 0 bridgehead atoms. The van der Waals surface area contributed by atoms with Gasteiger partial charge >= 0.3 is 6.03 Å². The molecule has 0 spiro atoms. The van der Waals surface area contributed by atoms with Crippen LogP contribution in [0.4, 0.5) is 28.9 Å². The Morgan fingerprint density at radius 1 is 1.30 bits per heavy atom. The SMILES string of the molecule is C[C@H]1CN(c2ncc(C[C@H](O)CO)cc2F)CCN1C(=O)Nc1nc2c(F)c(F)ccc2s1. The minimum atomic E-state index is -1.06. The van der Waals surface area contributed by atoms with Gasteiger partial charge in [-0.1, -0.05) is 11.3 Å². The molecule has 2 aromatic heterocycles. The molecule has 33 heavy (non-hydrogen) atoms. The number of aliphatic hydroxyl groups excluding tert-OH is 2. The third-order valence-electron chi connectivity index (χ3n) is 5.41. The highest BCUT2D eigenvalue weighted by atomic mass is 32.1. The van der Waals surface area contributed by atoms with Gasteiger partial charge in [-0.3, -0.25) is 5.32 Å². The molecule has 1 aliphatic rings. The molecule has 4 rings (SSSR count). The lowest BCUT2D eigenvalue weighted by Crippen LogP contribution is -2.55. The number of amides is 2. The van der Waals surface area contributed by atoms with Crippen molar-refractivity contribution in [3.63, 3.8) is 0 Å². The fourth-order valence-corrected chi connectivity index (χ4v) is 4.61. The van der Waals surface area contributed by atoms with E-state index >= 15 is 0 Å². The molecule has 0 unspecified atom stereocenters. The van der Waals surface area contributed by atoms with Gasteiger partial charge in [-0.05, 0) is 30.7 Å². The number of aromatic nitrogens is 2. The van der Waals surface area contributed by atoms with Crippen LogP contribution in [-0.2, 0) is 6.42 Å². The van der Waals surface area contributed by atoms with Gasteiger partial charge in [0.05, 0.1) is 17.4 Å². The summed E-state index contributed by atoms with van der Waals surface area (Å²) in [6, 6.07) is 2.96. The molecule has 1 aliphatic heterocycles. The number of nitrogens with one attached hydrogen (secondary N) is 1. The predicted octanol–water partition coefficient (Wildman–Crippen LogP) is 2.75. The van der Waals surface area contributed by atoms with Crippen molar-refractivity contribution in [3.8, 4) is 0 Å². The summed E-state index contributed by atoms with van der Waals surface area (Å²) in [4.78, 5) is 24.2. The Labute approximate surface area is 191 Å². The average molecular weight is 482 g/mol. The maximum absolute atomic E-state index is 14.6. The molecule has 1 aromatic carbocycles. The molecule has 1 saturated heterocycles. The van der Waals surface area contributed by atoms with Crippen LogP contribution in [0, 0.1) is 17.5 Å². The molecule has 3 N–H and O–H groups in total. The van der Waals surface area contributed by atoms with E-state index in [1.807, 2.05) is 6.92 Å². The van der Waals surface area contributed by atoms with E-state index in [1.54, 1.807) is 9.80 Å². The number of pyridine rings is 1. The minimum absolute atomic E-state index is 0.0906. The van der Waals surface area contributed by atoms with Crippen molar-refractivity contribution in [1.82, 2.24) is 14.9 Å². The molecule has 0 saturated carbocycles. The van der Waals surface area contributed by atoms with Gasteiger partial charge < -0.3 is 20.0 Å². The summed E-state index contributed by atoms with van der Waals surface area (Å²) in [6.07, 6.45) is 0.564. The summed E-state index contributed by atoms with van der Waals surface area (Å²) < 4.78 is 42.3. The lowest BCUT2D eigenvalue weighted by molar-refractivity contribution is 0.0954. The van der Waals surface area contributed by atoms with Crippen LogP contribution in [0.3, 0.4) is 0 Å². The average Bonchev–Trinajstić information content (AvgIpc) is 3.19. The Morgan fingerprint density at radius 3 is 2.79 bits per heavy atom. The van der Waals surface area contributed by atoms with Crippen molar-refractivity contribution in [1.29, 1.82) is 0 Å². The predicted molar refractivity (Wildman–Crippen MR) is 118 cm³/mol. The lowest BCUT2D eigenvalue weighted by Gasteiger charge is -2.40. The van der Waals surface area contributed by atoms with Gasteiger partial charge in [0, 0.05) is 38.3 Å². The fourth-order valence-electron chi connectivity index (χ4n) is 3.76. The number of carbonyl (C=O) groups excluding carboxylic acids is 1. The molecule has 12 heteroatoms. The van der Waals surface area contributed by atoms with Gasteiger partial charge in [-0.2, -0.15) is 0 Å². The van der Waals surface area contributed by atoms with Crippen LogP contribution < -0.4 is 10.2 Å². The van der Waals surface area contributed by atoms with Gasteiger partial charge in [-0.15, -0.1) is 0 Å². The molecule has 8 nitrogen and oxygen atoms in total. The number of piperazine rings is 1. The molecule has 3 heterocycles. The van der Waals surface area contributed by atoms with Crippen molar-refractivity contribution in [2.45, 2.75) is 25.5 Å². The second-order valence-electron chi connectivity index (χ2n) is 7.84. The van der Waals surface area contributed by atoms with E-state index < -0.39 is 36.2 Å². The standard InChI is InChI=1S/C21H22F3N5O3S/c1-11-9-28(19-15(23)7-12(8-25-19)6-13(31)10-30)4-5-29(11)21(32)27-20-26-18-16(33-20)3-2-14(22)17(18)24/h2-3,7-8,11,13,30-31H,4-6,9-10H2,1H3,(H,26,27,32)/t11-,13-/m0/s1. The van der Waals surface area contributed by atoms with E-state index in [1.165, 1.54) is 18.3 Å². The highest BCUT2D eigenvalue weighted by molar-refractivity contribution is 7.22. The summed E-state index contributed by atoms with van der Waals surface area (Å²) in [5, 5.41) is 21.2. The molecule has 176 valence electrons. The van der Waals surface area contributed by atoms with Crippen molar-refractivity contribution >= 4 is 38.5 Å². The first-order valence-electron chi connectivity index (χ1n) is 10.3. The van der Waals surface area contributed by atoms with Crippen molar-refractivity contribution in [2.24, 2.45) is 0 Å². The van der Waals surface area contributed by atoms with Crippen molar-refractivity contribution < 1.29 is 28.2 Å². The molecule has 2 atom stereocenters. The molecular formula is C21H22F3N5O3S. The van der Waals surface area contributed by atoms with Crippen LogP contribution in [0.1, 0.15) is 12.5 Å². The number of hydrogen-bond acceptors (Lipinski definition) is 7. The number of thiazole rings is 1. The first kappa shape index (κ1) is 23.2. The number of benzene rings is 1. The first-order valence-corrected chi connectivity index (χ1v) is 11.1. The van der Waals surface area contributed by atoms with Gasteiger partial charge in [0.15, 0.2) is 28.4 Å². The fraction of sp³-hybridized carbons (Fsp3) is 0.381. The largest absolute Gasteiger partial charge is 0.394 e. The van der Waals surface area contributed by atoms with Gasteiger partial charge in [0.2, 0.25) is 0 Å². The Kier molecular flexibility index (Phi) is 6.68. The molecule has 2 amide bonds. The number of carbonyl (C=O) groups is 1. The van der Waals surface area contributed by atoms with Gasteiger partial charge in [0.1, 0.15) is 5.52 Å². The monoisotopic (exact) mass is 481 g/mol. The Hall–Kier alpha value is -2.96. The Bertz CT molecular complexity index is 1180. The summed E-state index contributed by atoms with van der Waals surface area (Å²) in [6.45, 7) is 2.33. The summed E-state index contributed by atoms with van der Waals surface area (Å²) >= 11 is 1.04. The summed E-state index contributed by atoms with van der Waals surface area (Å²) in [5.74, 6) is -2.47. The minimum Gasteiger partial charge on any atom is -0.394 e. The molecule has 3 aromatic rings. The van der Waals surface area contributed by atoms with Crippen LogP contribution >= 0.6 is 11.3 Å². The quantitative estimate of drug-likeness (QED) is 0.518. The van der Waals surface area contributed by atoms with Gasteiger partial charge in [-0.25, -0.2) is 27.9 Å². The molecule has 0 aliphatic carbocycles. The summed E-state index contributed by atoms with van der Waals surface area (Å²) in [5.41, 5.74) is 0.334. The van der Waals surface area contributed by atoms with E-state index in [2.05, 4.69) is 15.3 Å². The normalized spacial score (nSPS) is 17.5. The van der Waals surface area contributed by atoms with Gasteiger partial charge in [0.25, 0.3) is 0 Å². The lowest BCUT2D eigenvalue weighted by atomic mass is 10.1. The number of fused-ring (bicyclic) bond motifs is 1. The number of hydrogen-bond donors (Lipinski definition) is 3. The van der Waals surface area contributed by atoms with E-state index in [9.17, 15) is 23.1 Å². The zero-order chi connectivity index (χ0) is 23.7. The van der Waals surface area contributed by atoms with Crippen LogP contribution in [-0.4, -0.2) is 69.5 Å². The van der Waals surface area contributed by atoms with E-state index in [0.717, 1.165) is 17.4 Å². The molecule has 1 fully saturated rings. The van der Waals surface area contributed by atoms with Crippen LogP contribution in [0.25, 0.3) is 10.2 Å². The number of aliphatic hydroxyl groups is 2. The van der Waals surface area contributed by atoms with Crippen LogP contribution in [0.15, 0.2) is 24.4 Å². The number of urea groups is 1. The Balaban J connectivity index is 1.41. The third-order valence-corrected chi connectivity index (χ3v) is 6.35. The smallest absolute Gasteiger partial charge is 0.324 e. The van der Waals surface area contributed by atoms with Crippen LogP contribution in [0.2, 0.25) is 0 Å². The maximum Gasteiger partial charge on any atom is 0.324 e. The van der Waals surface area contributed by atoms with E-state index in [-0.39, 0.29) is 35.5 Å². The topological polar surface area (TPSA) is 102 Å². The van der Waals surface area contributed by atoms with E-state index in [4.69, 9.17) is 5.11 Å². The second-order valence-corrected chi connectivity index (χ2v) is 8.87. The maximum atomic E-state index is 14.6. The highest BCUT2D eigenvalue weighted by Gasteiger charge is 2.30. The third kappa shape index (κ3) is 4.87.